The Hall–Kier alpha value is -2.69. The average molecular weight is 341 g/mol. The summed E-state index contributed by atoms with van der Waals surface area (Å²) in [4.78, 5) is 25.7. The third kappa shape index (κ3) is 3.15. The molecule has 1 unspecified atom stereocenters. The van der Waals surface area contributed by atoms with Crippen molar-refractivity contribution >= 4 is 29.8 Å². The van der Waals surface area contributed by atoms with Crippen molar-refractivity contribution in [3.8, 4) is 5.69 Å². The van der Waals surface area contributed by atoms with Gasteiger partial charge in [-0.2, -0.15) is 0 Å². The molecule has 0 saturated carbocycles. The van der Waals surface area contributed by atoms with Gasteiger partial charge in [-0.3, -0.25) is 13.9 Å². The summed E-state index contributed by atoms with van der Waals surface area (Å²) in [6.07, 6.45) is 3.12. The van der Waals surface area contributed by atoms with Gasteiger partial charge in [0.15, 0.2) is 0 Å². The van der Waals surface area contributed by atoms with Gasteiger partial charge >= 0.3 is 0 Å². The highest BCUT2D eigenvalue weighted by molar-refractivity contribution is 7.73. The Morgan fingerprint density at radius 1 is 1.12 bits per heavy atom. The molecule has 2 N–H and O–H groups in total. The lowest BCUT2D eigenvalue weighted by molar-refractivity contribution is -0.114. The summed E-state index contributed by atoms with van der Waals surface area (Å²) in [7, 11) is -3.80. The van der Waals surface area contributed by atoms with Gasteiger partial charge in [0.25, 0.3) is 7.37 Å². The van der Waals surface area contributed by atoms with E-state index in [1.165, 1.54) is 13.1 Å². The Morgan fingerprint density at radius 2 is 1.79 bits per heavy atom. The zero-order chi connectivity index (χ0) is 17.2. The van der Waals surface area contributed by atoms with Crippen molar-refractivity contribution in [2.75, 3.05) is 5.32 Å². The number of carbonyl (C=O) groups excluding carboxylic acids is 1. The third-order valence-electron chi connectivity index (χ3n) is 3.46. The lowest BCUT2D eigenvalue weighted by Crippen LogP contribution is -2.24. The van der Waals surface area contributed by atoms with Gasteiger partial charge in [-0.1, -0.05) is 18.2 Å². The molecule has 1 atom stereocenters. The van der Waals surface area contributed by atoms with Crippen LogP contribution in [-0.4, -0.2) is 20.4 Å². The Balaban J connectivity index is 1.99. The van der Waals surface area contributed by atoms with Gasteiger partial charge in [0.05, 0.1) is 0 Å². The van der Waals surface area contributed by atoms with Crippen molar-refractivity contribution in [2.24, 2.45) is 0 Å². The molecule has 0 fully saturated rings. The Kier molecular flexibility index (Phi) is 4.34. The van der Waals surface area contributed by atoms with Gasteiger partial charge in [0.2, 0.25) is 11.5 Å². The van der Waals surface area contributed by atoms with Crippen molar-refractivity contribution in [1.29, 1.82) is 0 Å². The summed E-state index contributed by atoms with van der Waals surface area (Å²) in [5.74, 6) is -0.157. The summed E-state index contributed by atoms with van der Waals surface area (Å²) < 4.78 is 14.5. The van der Waals surface area contributed by atoms with Crippen LogP contribution in [0, 0.1) is 0 Å². The number of hydrogen-bond donors (Lipinski definition) is 2. The highest BCUT2D eigenvalue weighted by Gasteiger charge is 2.29. The van der Waals surface area contributed by atoms with Crippen LogP contribution in [0.2, 0.25) is 0 Å². The summed E-state index contributed by atoms with van der Waals surface area (Å²) in [5.41, 5.74) is 1.42. The van der Waals surface area contributed by atoms with Crippen LogP contribution in [0.15, 0.2) is 67.0 Å². The molecule has 0 saturated heterocycles. The predicted octanol–water partition coefficient (Wildman–Crippen LogP) is 2.05. The molecule has 3 rings (SSSR count). The number of rotatable bonds is 4. The van der Waals surface area contributed by atoms with E-state index in [2.05, 4.69) is 10.3 Å². The average Bonchev–Trinajstić information content (AvgIpc) is 3.06. The van der Waals surface area contributed by atoms with Gasteiger partial charge in [-0.25, -0.2) is 4.98 Å². The lowest BCUT2D eigenvalue weighted by Gasteiger charge is -2.14. The maximum absolute atomic E-state index is 12.9. The largest absolute Gasteiger partial charge is 0.336 e. The van der Waals surface area contributed by atoms with Gasteiger partial charge in [-0.15, -0.1) is 0 Å². The van der Waals surface area contributed by atoms with Crippen LogP contribution in [0.4, 0.5) is 5.69 Å². The van der Waals surface area contributed by atoms with Crippen LogP contribution >= 0.6 is 7.37 Å². The molecular weight excluding hydrogens is 325 g/mol. The first-order valence-electron chi connectivity index (χ1n) is 7.29. The molecule has 6 nitrogen and oxygen atoms in total. The van der Waals surface area contributed by atoms with E-state index in [0.717, 1.165) is 0 Å². The van der Waals surface area contributed by atoms with E-state index in [9.17, 15) is 14.3 Å². The molecule has 2 aromatic carbocycles. The highest BCUT2D eigenvalue weighted by Crippen LogP contribution is 2.37. The zero-order valence-electron chi connectivity index (χ0n) is 13.0. The second-order valence-corrected chi connectivity index (χ2v) is 7.31. The molecule has 122 valence electrons. The van der Waals surface area contributed by atoms with Crippen LogP contribution in [0.5, 0.6) is 0 Å². The summed E-state index contributed by atoms with van der Waals surface area (Å²) >= 11 is 0. The molecule has 0 aliphatic rings. The van der Waals surface area contributed by atoms with E-state index < -0.39 is 7.37 Å². The molecule has 24 heavy (non-hydrogen) atoms. The molecule has 7 heteroatoms. The summed E-state index contributed by atoms with van der Waals surface area (Å²) in [6.45, 7) is 1.43. The Morgan fingerprint density at radius 3 is 2.42 bits per heavy atom. The maximum Gasteiger partial charge on any atom is 0.293 e. The fourth-order valence-corrected chi connectivity index (χ4v) is 3.88. The van der Waals surface area contributed by atoms with Crippen LogP contribution < -0.4 is 16.2 Å². The zero-order valence-corrected chi connectivity index (χ0v) is 13.9. The number of benzene rings is 2. The first-order valence-corrected chi connectivity index (χ1v) is 8.95. The van der Waals surface area contributed by atoms with Gasteiger partial charge in [0.1, 0.15) is 0 Å². The molecule has 0 spiro atoms. The van der Waals surface area contributed by atoms with Crippen molar-refractivity contribution in [1.82, 2.24) is 9.55 Å². The highest BCUT2D eigenvalue weighted by atomic mass is 31.2. The minimum atomic E-state index is -3.80. The van der Waals surface area contributed by atoms with E-state index in [4.69, 9.17) is 0 Å². The van der Waals surface area contributed by atoms with E-state index in [-0.39, 0.29) is 11.5 Å². The summed E-state index contributed by atoms with van der Waals surface area (Å²) in [5, 5.41) is 3.01. The molecule has 1 amide bonds. The van der Waals surface area contributed by atoms with E-state index in [1.54, 1.807) is 65.4 Å². The fraction of sp³-hybridized carbons (Fsp3) is 0.0588. The van der Waals surface area contributed by atoms with Crippen molar-refractivity contribution in [3.63, 3.8) is 0 Å². The molecule has 1 aromatic heterocycles. The second kappa shape index (κ2) is 6.43. The Labute approximate surface area is 139 Å². The van der Waals surface area contributed by atoms with E-state index >= 15 is 0 Å². The number of nitrogens with zero attached hydrogens (tertiary/aromatic N) is 2. The van der Waals surface area contributed by atoms with Gasteiger partial charge < -0.3 is 10.2 Å². The monoisotopic (exact) mass is 341 g/mol. The minimum absolute atomic E-state index is 0.0842. The van der Waals surface area contributed by atoms with Crippen molar-refractivity contribution in [2.45, 2.75) is 6.92 Å². The van der Waals surface area contributed by atoms with Crippen LogP contribution in [0.3, 0.4) is 0 Å². The number of anilines is 1. The molecule has 1 heterocycles. The number of imidazole rings is 1. The Bertz CT molecular complexity index is 904. The molecule has 0 radical (unpaired) electrons. The molecule has 0 aliphatic carbocycles. The molecule has 0 bridgehead atoms. The number of hydrogen-bond acceptors (Lipinski definition) is 3. The van der Waals surface area contributed by atoms with Crippen molar-refractivity contribution in [3.05, 3.63) is 67.0 Å². The standard InChI is InChI=1S/C17H16N3O3P/c1-13(21)19-14-7-9-15(10-8-14)20-12-11-18-17(20)24(22,23)16-5-3-2-4-6-16/h2-12H,1H3,(H,19,21)(H,22,23). The predicted molar refractivity (Wildman–Crippen MR) is 93.4 cm³/mol. The van der Waals surface area contributed by atoms with Gasteiger partial charge in [-0.05, 0) is 36.4 Å². The summed E-state index contributed by atoms with van der Waals surface area (Å²) in [6, 6.07) is 15.4. The van der Waals surface area contributed by atoms with E-state index in [1.807, 2.05) is 0 Å². The topological polar surface area (TPSA) is 84.2 Å². The van der Waals surface area contributed by atoms with E-state index in [0.29, 0.717) is 16.7 Å². The number of aromatic nitrogens is 2. The quantitative estimate of drug-likeness (QED) is 0.712. The minimum Gasteiger partial charge on any atom is -0.336 e. The number of amides is 1. The van der Waals surface area contributed by atoms with Crippen LogP contribution in [0.25, 0.3) is 5.69 Å². The number of carbonyl (C=O) groups is 1. The second-order valence-electron chi connectivity index (χ2n) is 5.24. The van der Waals surface area contributed by atoms with Crippen molar-refractivity contribution < 1.29 is 14.3 Å². The third-order valence-corrected chi connectivity index (χ3v) is 5.34. The lowest BCUT2D eigenvalue weighted by atomic mass is 10.3. The molecular formula is C17H16N3O3P. The number of nitrogens with one attached hydrogen (secondary N) is 1. The maximum atomic E-state index is 12.9. The van der Waals surface area contributed by atoms with Crippen LogP contribution in [-0.2, 0) is 9.36 Å². The molecule has 3 aromatic rings. The first-order chi connectivity index (χ1) is 11.5. The fourth-order valence-electron chi connectivity index (χ4n) is 2.38. The van der Waals surface area contributed by atoms with Crippen LogP contribution in [0.1, 0.15) is 6.92 Å². The van der Waals surface area contributed by atoms with Gasteiger partial charge in [0, 0.05) is 36.0 Å². The SMILES string of the molecule is CC(=O)Nc1ccc(-n2ccnc2P(=O)(O)c2ccccc2)cc1. The first kappa shape index (κ1) is 16.2. The normalized spacial score (nSPS) is 13.2. The smallest absolute Gasteiger partial charge is 0.293 e. The molecule has 0 aliphatic heterocycles.